The lowest BCUT2D eigenvalue weighted by molar-refractivity contribution is -0.138. The Morgan fingerprint density at radius 3 is 1.90 bits per heavy atom. The van der Waals surface area contributed by atoms with Crippen molar-refractivity contribution in [2.24, 2.45) is 0 Å². The van der Waals surface area contributed by atoms with Crippen molar-refractivity contribution in [3.05, 3.63) is 107 Å². The number of rotatable bonds is 10. The molecule has 0 spiro atoms. The molecule has 0 aliphatic carbocycles. The van der Waals surface area contributed by atoms with Gasteiger partial charge in [-0.3, -0.25) is 9.03 Å². The zero-order valence-corrected chi connectivity index (χ0v) is 26.4. The molecule has 260 valence electrons. The van der Waals surface area contributed by atoms with Crippen LogP contribution in [-0.4, -0.2) is 58.1 Å². The summed E-state index contributed by atoms with van der Waals surface area (Å²) in [5.41, 5.74) is -2.58. The van der Waals surface area contributed by atoms with Crippen LogP contribution in [0.5, 0.6) is 0 Å². The molecule has 0 saturated carbocycles. The van der Waals surface area contributed by atoms with E-state index < -0.39 is 55.0 Å². The third-order valence-electron chi connectivity index (χ3n) is 7.28. The molecule has 22 heteroatoms. The average molecular weight is 739 g/mol. The minimum absolute atomic E-state index is 0.00939. The molecule has 6 aromatic rings. The van der Waals surface area contributed by atoms with Crippen LogP contribution in [0.4, 0.5) is 37.7 Å². The highest BCUT2D eigenvalue weighted by atomic mass is 32.2. The summed E-state index contributed by atoms with van der Waals surface area (Å²) in [6.45, 7) is -0.570. The molecule has 0 saturated heterocycles. The molecule has 0 fully saturated rings. The number of benzene rings is 4. The number of fused-ring (bicyclic) bond motifs is 1. The van der Waals surface area contributed by atoms with E-state index in [4.69, 9.17) is 0 Å². The first kappa shape index (κ1) is 34.2. The molecule has 3 N–H and O–H groups in total. The molecular formula is C28H20F6N10O4S2. The maximum atomic E-state index is 14.0. The topological polar surface area (TPSA) is 192 Å². The maximum absolute atomic E-state index is 14.0. The van der Waals surface area contributed by atoms with Gasteiger partial charge in [0, 0.05) is 17.2 Å². The van der Waals surface area contributed by atoms with Crippen LogP contribution in [0, 0.1) is 0 Å². The summed E-state index contributed by atoms with van der Waals surface area (Å²) in [6, 6.07) is 13.1. The number of nitrogens with one attached hydrogen (secondary N) is 3. The van der Waals surface area contributed by atoms with E-state index in [0.29, 0.717) is 18.2 Å². The van der Waals surface area contributed by atoms with E-state index >= 15 is 0 Å². The fraction of sp³-hybridized carbons (Fsp3) is 0.143. The summed E-state index contributed by atoms with van der Waals surface area (Å²) in [6.07, 6.45) is -9.80. The van der Waals surface area contributed by atoms with Crippen molar-refractivity contribution >= 4 is 42.2 Å². The molecule has 6 rings (SSSR count). The number of alkyl halides is 6. The van der Waals surface area contributed by atoms with Gasteiger partial charge in [-0.05, 0) is 60.2 Å². The number of nitrogens with zero attached hydrogens (tertiary/aromatic N) is 7. The summed E-state index contributed by atoms with van der Waals surface area (Å²) in [5.74, 6) is -0.144. The molecule has 0 unspecified atom stereocenters. The largest absolute Gasteiger partial charge is 0.416 e. The number of hydrogen-bond donors (Lipinski definition) is 3. The Balaban J connectivity index is 1.44. The normalized spacial score (nSPS) is 12.7. The number of aromatic nitrogens is 8. The van der Waals surface area contributed by atoms with Crippen LogP contribution < -0.4 is 9.03 Å². The molecule has 0 atom stereocenters. The molecule has 2 heterocycles. The first-order valence-electron chi connectivity index (χ1n) is 13.9. The fourth-order valence-electron chi connectivity index (χ4n) is 4.97. The molecule has 0 radical (unpaired) electrons. The molecular weight excluding hydrogens is 718 g/mol. The zero-order valence-electron chi connectivity index (χ0n) is 24.8. The van der Waals surface area contributed by atoms with Gasteiger partial charge in [-0.15, -0.1) is 20.4 Å². The highest BCUT2D eigenvalue weighted by Crippen LogP contribution is 2.38. The molecule has 50 heavy (non-hydrogen) atoms. The number of hydrogen-bond acceptors (Lipinski definition) is 10. The van der Waals surface area contributed by atoms with Gasteiger partial charge in [-0.25, -0.2) is 16.8 Å². The van der Waals surface area contributed by atoms with Gasteiger partial charge >= 0.3 is 12.4 Å². The summed E-state index contributed by atoms with van der Waals surface area (Å²) < 4.78 is 139. The van der Waals surface area contributed by atoms with Gasteiger partial charge in [-0.1, -0.05) is 34.7 Å². The number of halogens is 6. The molecule has 0 amide bonds. The minimum Gasteiger partial charge on any atom is -0.279 e. The Labute approximate surface area is 277 Å². The Kier molecular flexibility index (Phi) is 8.67. The number of tetrazole rings is 2. The van der Waals surface area contributed by atoms with E-state index in [9.17, 15) is 43.2 Å². The van der Waals surface area contributed by atoms with Gasteiger partial charge in [0.05, 0.1) is 38.8 Å². The Morgan fingerprint density at radius 1 is 0.700 bits per heavy atom. The van der Waals surface area contributed by atoms with Crippen LogP contribution in [-0.2, 0) is 45.4 Å². The Bertz CT molecular complexity index is 2370. The van der Waals surface area contributed by atoms with E-state index in [1.807, 2.05) is 0 Å². The number of sulfonamides is 2. The third kappa shape index (κ3) is 6.92. The van der Waals surface area contributed by atoms with E-state index in [-0.39, 0.29) is 50.7 Å². The van der Waals surface area contributed by atoms with Crippen LogP contribution in [0.15, 0.2) is 88.7 Å². The molecule has 14 nitrogen and oxygen atoms in total. The Morgan fingerprint density at radius 2 is 1.30 bits per heavy atom. The van der Waals surface area contributed by atoms with E-state index in [1.54, 1.807) is 0 Å². The van der Waals surface area contributed by atoms with Crippen molar-refractivity contribution in [2.75, 3.05) is 9.03 Å². The van der Waals surface area contributed by atoms with Crippen molar-refractivity contribution in [1.82, 2.24) is 41.2 Å². The molecule has 0 bridgehead atoms. The lowest BCUT2D eigenvalue weighted by atomic mass is 10.1. The number of aromatic amines is 2. The van der Waals surface area contributed by atoms with Crippen molar-refractivity contribution < 1.29 is 43.2 Å². The van der Waals surface area contributed by atoms with E-state index in [2.05, 4.69) is 46.0 Å². The first-order chi connectivity index (χ1) is 23.5. The number of H-pyrrole nitrogens is 2. The Hall–Kier alpha value is -5.64. The fourth-order valence-corrected chi connectivity index (χ4v) is 7.72. The summed E-state index contributed by atoms with van der Waals surface area (Å²) in [7, 11) is -9.26. The second-order valence-electron chi connectivity index (χ2n) is 10.5. The summed E-state index contributed by atoms with van der Waals surface area (Å²) in [4.78, 5) is -0.901. The quantitative estimate of drug-likeness (QED) is 0.166. The predicted molar refractivity (Wildman–Crippen MR) is 162 cm³/mol. The highest BCUT2D eigenvalue weighted by molar-refractivity contribution is 7.93. The van der Waals surface area contributed by atoms with Crippen molar-refractivity contribution in [3.63, 3.8) is 0 Å². The average Bonchev–Trinajstić information content (AvgIpc) is 3.78. The molecule has 2 aromatic heterocycles. The maximum Gasteiger partial charge on any atom is 0.416 e. The standard InChI is InChI=1S/C28H20F6N10O4S2/c29-27(30,31)17-5-8-19(9-6-17)50(47,48)44(15-26-37-42-43-38-26)23-11-12-24(21-4-2-1-3-20(21)23)49(45,46)39-22-10-7-18(28(32,33)34)13-16(22)14-25-35-40-41-36-25/h1-13,39H,14-15H2,(H,35,36,40,41)(H,37,38,42,43). The zero-order chi connectivity index (χ0) is 35.9. The first-order valence-corrected chi connectivity index (χ1v) is 16.9. The van der Waals surface area contributed by atoms with Gasteiger partial charge in [0.1, 0.15) is 0 Å². The van der Waals surface area contributed by atoms with Crippen LogP contribution in [0.1, 0.15) is 28.3 Å². The summed E-state index contributed by atoms with van der Waals surface area (Å²) >= 11 is 0. The van der Waals surface area contributed by atoms with Crippen molar-refractivity contribution in [1.29, 1.82) is 0 Å². The van der Waals surface area contributed by atoms with Crippen molar-refractivity contribution in [2.45, 2.75) is 35.1 Å². The molecule has 0 aliphatic rings. The second-order valence-corrected chi connectivity index (χ2v) is 14.0. The van der Waals surface area contributed by atoms with Crippen molar-refractivity contribution in [3.8, 4) is 0 Å². The lowest BCUT2D eigenvalue weighted by Crippen LogP contribution is -2.31. The van der Waals surface area contributed by atoms with Crippen LogP contribution in [0.25, 0.3) is 10.8 Å². The van der Waals surface area contributed by atoms with E-state index in [0.717, 1.165) is 40.7 Å². The van der Waals surface area contributed by atoms with E-state index in [1.165, 1.54) is 24.3 Å². The molecule has 0 aliphatic heterocycles. The van der Waals surface area contributed by atoms with Crippen LogP contribution >= 0.6 is 0 Å². The molecule has 4 aromatic carbocycles. The highest BCUT2D eigenvalue weighted by Gasteiger charge is 2.34. The second kappa shape index (κ2) is 12.7. The number of anilines is 2. The smallest absolute Gasteiger partial charge is 0.279 e. The third-order valence-corrected chi connectivity index (χ3v) is 10.5. The SMILES string of the molecule is O=S(=O)(Nc1ccc(C(F)(F)F)cc1Cc1nn[nH]n1)c1ccc(N(Cc2nn[nH]n2)S(=O)(=O)c2ccc(C(F)(F)F)cc2)c2ccccc12. The van der Waals surface area contributed by atoms with Crippen LogP contribution in [0.3, 0.4) is 0 Å². The predicted octanol–water partition coefficient (Wildman–Crippen LogP) is 4.69. The minimum atomic E-state index is -4.75. The van der Waals surface area contributed by atoms with Gasteiger partial charge in [-0.2, -0.15) is 36.8 Å². The van der Waals surface area contributed by atoms with Gasteiger partial charge in [0.15, 0.2) is 11.6 Å². The van der Waals surface area contributed by atoms with Crippen LogP contribution in [0.2, 0.25) is 0 Å². The summed E-state index contributed by atoms with van der Waals surface area (Å²) in [5, 5.41) is 26.2. The monoisotopic (exact) mass is 738 g/mol. The van der Waals surface area contributed by atoms with Gasteiger partial charge in [0.25, 0.3) is 20.0 Å². The van der Waals surface area contributed by atoms with Gasteiger partial charge < -0.3 is 0 Å². The van der Waals surface area contributed by atoms with Gasteiger partial charge in [0.2, 0.25) is 0 Å². The lowest BCUT2D eigenvalue weighted by Gasteiger charge is -2.25.